The summed E-state index contributed by atoms with van der Waals surface area (Å²) in [6.07, 6.45) is 0.415. The van der Waals surface area contributed by atoms with E-state index in [1.165, 1.54) is 0 Å². The third kappa shape index (κ3) is 2.69. The maximum absolute atomic E-state index is 12.2. The summed E-state index contributed by atoms with van der Waals surface area (Å²) in [5.74, 6) is 0.463. The van der Waals surface area contributed by atoms with Crippen molar-refractivity contribution >= 4 is 16.8 Å². The minimum atomic E-state index is 0.0249. The number of hydrogen-bond acceptors (Lipinski definition) is 4. The molecule has 4 heteroatoms. The van der Waals surface area contributed by atoms with Crippen LogP contribution in [-0.4, -0.2) is 31.6 Å². The number of ketones is 1. The number of Topliss-reactive ketones (excluding diaryl/α,β-unsaturated/α-hetero) is 1. The second kappa shape index (κ2) is 5.15. The predicted molar refractivity (Wildman–Crippen MR) is 72.5 cm³/mol. The highest BCUT2D eigenvalue weighted by Crippen LogP contribution is 2.22. The van der Waals surface area contributed by atoms with Crippen LogP contribution in [0.4, 0.5) is 0 Å². The van der Waals surface area contributed by atoms with Crippen molar-refractivity contribution in [3.05, 3.63) is 35.6 Å². The molecular formula is C15H17NO3. The molecule has 1 aliphatic heterocycles. The number of furan rings is 1. The molecular weight excluding hydrogens is 242 g/mol. The van der Waals surface area contributed by atoms with Gasteiger partial charge in [-0.25, -0.2) is 0 Å². The summed E-state index contributed by atoms with van der Waals surface area (Å²) >= 11 is 0. The van der Waals surface area contributed by atoms with Crippen LogP contribution in [0.2, 0.25) is 0 Å². The van der Waals surface area contributed by atoms with E-state index in [9.17, 15) is 4.79 Å². The van der Waals surface area contributed by atoms with Crippen molar-refractivity contribution < 1.29 is 13.9 Å². The molecule has 4 nitrogen and oxygen atoms in total. The fourth-order valence-electron chi connectivity index (χ4n) is 2.38. The van der Waals surface area contributed by atoms with Crippen molar-refractivity contribution in [2.24, 2.45) is 0 Å². The molecule has 0 radical (unpaired) electrons. The van der Waals surface area contributed by atoms with Crippen LogP contribution in [0.1, 0.15) is 22.5 Å². The lowest BCUT2D eigenvalue weighted by molar-refractivity contribution is 0.0666. The summed E-state index contributed by atoms with van der Waals surface area (Å²) in [6, 6.07) is 7.84. The number of carbonyl (C=O) groups is 1. The fraction of sp³-hybridized carbons (Fsp3) is 0.400. The Bertz CT molecular complexity index is 596. The van der Waals surface area contributed by atoms with E-state index in [2.05, 4.69) is 5.32 Å². The van der Waals surface area contributed by atoms with Crippen LogP contribution in [0.25, 0.3) is 11.0 Å². The van der Waals surface area contributed by atoms with Gasteiger partial charge >= 0.3 is 0 Å². The number of aryl methyl sites for hydroxylation is 1. The molecule has 2 heterocycles. The largest absolute Gasteiger partial charge is 0.453 e. The first kappa shape index (κ1) is 12.4. The Morgan fingerprint density at radius 1 is 1.42 bits per heavy atom. The van der Waals surface area contributed by atoms with Crippen LogP contribution in [0.15, 0.2) is 28.7 Å². The number of carbonyl (C=O) groups excluding carboxylic acids is 1. The highest BCUT2D eigenvalue weighted by molar-refractivity contribution is 5.98. The SMILES string of the molecule is Cc1ccc2oc(C(=O)CC3COCCN3)cc2c1. The molecule has 0 aliphatic carbocycles. The number of nitrogens with one attached hydrogen (secondary N) is 1. The first-order chi connectivity index (χ1) is 9.22. The van der Waals surface area contributed by atoms with Crippen molar-refractivity contribution in [1.29, 1.82) is 0 Å². The molecule has 1 saturated heterocycles. The van der Waals surface area contributed by atoms with Crippen molar-refractivity contribution in [2.75, 3.05) is 19.8 Å². The summed E-state index contributed by atoms with van der Waals surface area (Å²) < 4.78 is 11.0. The zero-order valence-corrected chi connectivity index (χ0v) is 10.9. The van der Waals surface area contributed by atoms with E-state index in [1.54, 1.807) is 0 Å². The molecule has 1 aromatic carbocycles. The van der Waals surface area contributed by atoms with E-state index in [1.807, 2.05) is 31.2 Å². The highest BCUT2D eigenvalue weighted by Gasteiger charge is 2.20. The third-order valence-corrected chi connectivity index (χ3v) is 3.38. The summed E-state index contributed by atoms with van der Waals surface area (Å²) in [4.78, 5) is 12.2. The molecule has 1 unspecified atom stereocenters. The minimum absolute atomic E-state index is 0.0249. The molecule has 1 aromatic heterocycles. The summed E-state index contributed by atoms with van der Waals surface area (Å²) in [6.45, 7) is 4.13. The van der Waals surface area contributed by atoms with Gasteiger partial charge in [0.25, 0.3) is 0 Å². The molecule has 100 valence electrons. The first-order valence-corrected chi connectivity index (χ1v) is 6.57. The maximum atomic E-state index is 12.2. The summed E-state index contributed by atoms with van der Waals surface area (Å²) in [7, 11) is 0. The van der Waals surface area contributed by atoms with Gasteiger partial charge in [0.2, 0.25) is 0 Å². The van der Waals surface area contributed by atoms with E-state index in [0.29, 0.717) is 25.4 Å². The van der Waals surface area contributed by atoms with E-state index < -0.39 is 0 Å². The molecule has 3 rings (SSSR count). The van der Waals surface area contributed by atoms with Gasteiger partial charge in [-0.3, -0.25) is 4.79 Å². The van der Waals surface area contributed by atoms with Gasteiger partial charge in [0.15, 0.2) is 11.5 Å². The lowest BCUT2D eigenvalue weighted by atomic mass is 10.1. The van der Waals surface area contributed by atoms with E-state index in [-0.39, 0.29) is 11.8 Å². The Morgan fingerprint density at radius 3 is 3.11 bits per heavy atom. The minimum Gasteiger partial charge on any atom is -0.453 e. The molecule has 2 aromatic rings. The Balaban J connectivity index is 1.77. The number of benzene rings is 1. The molecule has 19 heavy (non-hydrogen) atoms. The highest BCUT2D eigenvalue weighted by atomic mass is 16.5. The zero-order chi connectivity index (χ0) is 13.2. The fourth-order valence-corrected chi connectivity index (χ4v) is 2.38. The van der Waals surface area contributed by atoms with E-state index >= 15 is 0 Å². The van der Waals surface area contributed by atoms with Crippen molar-refractivity contribution in [3.8, 4) is 0 Å². The molecule has 1 N–H and O–H groups in total. The number of hydrogen-bond donors (Lipinski definition) is 1. The Morgan fingerprint density at radius 2 is 2.32 bits per heavy atom. The van der Waals surface area contributed by atoms with Crippen molar-refractivity contribution in [1.82, 2.24) is 5.32 Å². The first-order valence-electron chi connectivity index (χ1n) is 6.57. The number of morpholine rings is 1. The van der Waals surface area contributed by atoms with Crippen LogP contribution in [-0.2, 0) is 4.74 Å². The van der Waals surface area contributed by atoms with Gasteiger partial charge in [-0.15, -0.1) is 0 Å². The van der Waals surface area contributed by atoms with E-state index in [0.717, 1.165) is 23.1 Å². The molecule has 1 aliphatic rings. The molecule has 0 spiro atoms. The zero-order valence-electron chi connectivity index (χ0n) is 10.9. The smallest absolute Gasteiger partial charge is 0.199 e. The second-order valence-electron chi connectivity index (χ2n) is 5.01. The quantitative estimate of drug-likeness (QED) is 0.859. The third-order valence-electron chi connectivity index (χ3n) is 3.38. The second-order valence-corrected chi connectivity index (χ2v) is 5.01. The Labute approximate surface area is 111 Å². The lowest BCUT2D eigenvalue weighted by Crippen LogP contribution is -2.42. The van der Waals surface area contributed by atoms with Crippen molar-refractivity contribution in [2.45, 2.75) is 19.4 Å². The van der Waals surface area contributed by atoms with E-state index in [4.69, 9.17) is 9.15 Å². The average Bonchev–Trinajstić information content (AvgIpc) is 2.83. The van der Waals surface area contributed by atoms with Gasteiger partial charge in [-0.05, 0) is 25.1 Å². The monoisotopic (exact) mass is 259 g/mol. The lowest BCUT2D eigenvalue weighted by Gasteiger charge is -2.22. The number of ether oxygens (including phenoxy) is 1. The Kier molecular flexibility index (Phi) is 3.36. The van der Waals surface area contributed by atoms with Crippen molar-refractivity contribution in [3.63, 3.8) is 0 Å². The van der Waals surface area contributed by atoms with Crippen LogP contribution in [0.5, 0.6) is 0 Å². The van der Waals surface area contributed by atoms with Gasteiger partial charge in [0.05, 0.1) is 13.2 Å². The standard InChI is InChI=1S/C15H17NO3/c1-10-2-3-14-11(6-10)7-15(19-14)13(17)8-12-9-18-5-4-16-12/h2-3,6-7,12,16H,4-5,8-9H2,1H3. The Hall–Kier alpha value is -1.65. The molecule has 1 atom stereocenters. The maximum Gasteiger partial charge on any atom is 0.199 e. The number of fused-ring (bicyclic) bond motifs is 1. The molecule has 0 amide bonds. The van der Waals surface area contributed by atoms with Gasteiger partial charge in [0.1, 0.15) is 5.58 Å². The van der Waals surface area contributed by atoms with Gasteiger partial charge in [-0.1, -0.05) is 11.6 Å². The predicted octanol–water partition coefficient (Wildman–Crippen LogP) is 2.30. The topological polar surface area (TPSA) is 51.5 Å². The average molecular weight is 259 g/mol. The molecule has 1 fully saturated rings. The van der Waals surface area contributed by atoms with Gasteiger partial charge in [-0.2, -0.15) is 0 Å². The summed E-state index contributed by atoms with van der Waals surface area (Å²) in [5.41, 5.74) is 1.93. The van der Waals surface area contributed by atoms with Crippen LogP contribution >= 0.6 is 0 Å². The van der Waals surface area contributed by atoms with Gasteiger partial charge in [0, 0.05) is 24.4 Å². The normalized spacial score (nSPS) is 19.7. The number of rotatable bonds is 3. The van der Waals surface area contributed by atoms with Gasteiger partial charge < -0.3 is 14.5 Å². The molecule has 0 saturated carbocycles. The van der Waals surface area contributed by atoms with Crippen LogP contribution in [0.3, 0.4) is 0 Å². The summed E-state index contributed by atoms with van der Waals surface area (Å²) in [5, 5.41) is 4.26. The molecule has 0 bridgehead atoms. The van der Waals surface area contributed by atoms with Crippen LogP contribution < -0.4 is 5.32 Å². The van der Waals surface area contributed by atoms with Crippen LogP contribution in [0, 0.1) is 6.92 Å².